The van der Waals surface area contributed by atoms with Crippen LogP contribution in [-0.2, 0) is 0 Å². The van der Waals surface area contributed by atoms with Crippen LogP contribution in [0.2, 0.25) is 5.02 Å². The fourth-order valence-corrected chi connectivity index (χ4v) is 4.21. The summed E-state index contributed by atoms with van der Waals surface area (Å²) in [6.07, 6.45) is 5.95. The quantitative estimate of drug-likeness (QED) is 0.624. The Bertz CT molecular complexity index is 1100. The molecule has 2 aliphatic rings. The van der Waals surface area contributed by atoms with E-state index in [2.05, 4.69) is 50.0 Å². The molecule has 4 heterocycles. The molecule has 31 heavy (non-hydrogen) atoms. The van der Waals surface area contributed by atoms with Crippen LogP contribution in [0, 0.1) is 0 Å². The molecule has 9 heteroatoms. The van der Waals surface area contributed by atoms with Crippen LogP contribution in [0.3, 0.4) is 0 Å². The number of nitrogens with zero attached hydrogens (tertiary/aromatic N) is 4. The number of ether oxygens (including phenoxy) is 1. The lowest BCUT2D eigenvalue weighted by Gasteiger charge is -2.40. The molecule has 2 N–H and O–H groups in total. The zero-order valence-electron chi connectivity index (χ0n) is 17.2. The van der Waals surface area contributed by atoms with Gasteiger partial charge in [-0.05, 0) is 36.9 Å². The maximum Gasteiger partial charge on any atom is 0.213 e. The third-order valence-corrected chi connectivity index (χ3v) is 5.90. The van der Waals surface area contributed by atoms with Gasteiger partial charge in [-0.1, -0.05) is 35.0 Å². The maximum atomic E-state index is 6.12. The molecule has 0 bridgehead atoms. The normalized spacial score (nSPS) is 21.8. The molecule has 1 fully saturated rings. The summed E-state index contributed by atoms with van der Waals surface area (Å²) in [6.45, 7) is 2.91. The summed E-state index contributed by atoms with van der Waals surface area (Å²) in [5, 5.41) is 4.99. The molecule has 5 rings (SSSR count). The van der Waals surface area contributed by atoms with Gasteiger partial charge in [0.1, 0.15) is 11.9 Å². The Morgan fingerprint density at radius 1 is 1.23 bits per heavy atom. The van der Waals surface area contributed by atoms with E-state index in [0.29, 0.717) is 16.7 Å². The van der Waals surface area contributed by atoms with Gasteiger partial charge < -0.3 is 14.2 Å². The molecule has 0 spiro atoms. The van der Waals surface area contributed by atoms with Gasteiger partial charge in [0.15, 0.2) is 12.0 Å². The molecule has 1 aromatic carbocycles. The monoisotopic (exact) mass is 438 g/mol. The number of benzene rings is 1. The highest BCUT2D eigenvalue weighted by molar-refractivity contribution is 6.30. The molecule has 0 saturated carbocycles. The van der Waals surface area contributed by atoms with Crippen LogP contribution in [0.1, 0.15) is 30.4 Å². The number of pyridine rings is 1. The van der Waals surface area contributed by atoms with Crippen LogP contribution in [-0.4, -0.2) is 39.9 Å². The van der Waals surface area contributed by atoms with Gasteiger partial charge >= 0.3 is 0 Å². The molecule has 2 aromatic heterocycles. The topological polar surface area (TPSA) is 78.7 Å². The van der Waals surface area contributed by atoms with Crippen molar-refractivity contribution in [3.63, 3.8) is 0 Å². The van der Waals surface area contributed by atoms with E-state index in [1.165, 1.54) is 0 Å². The van der Waals surface area contributed by atoms with Crippen molar-refractivity contribution in [2.45, 2.75) is 25.4 Å². The Hall–Kier alpha value is -2.91. The lowest BCUT2D eigenvalue weighted by Crippen LogP contribution is -2.52. The van der Waals surface area contributed by atoms with Crippen molar-refractivity contribution in [3.05, 3.63) is 77.2 Å². The van der Waals surface area contributed by atoms with Gasteiger partial charge in [-0.15, -0.1) is 0 Å². The molecule has 8 nitrogen and oxygen atoms in total. The van der Waals surface area contributed by atoms with Crippen LogP contribution in [0.15, 0.2) is 65.5 Å². The average molecular weight is 439 g/mol. The molecule has 3 aromatic rings. The van der Waals surface area contributed by atoms with Crippen molar-refractivity contribution in [3.8, 4) is 17.2 Å². The molecule has 0 radical (unpaired) electrons. The highest BCUT2D eigenvalue weighted by Crippen LogP contribution is 2.34. The van der Waals surface area contributed by atoms with Crippen molar-refractivity contribution >= 4 is 11.6 Å². The number of hydrogen-bond donors (Lipinski definition) is 2. The van der Waals surface area contributed by atoms with Gasteiger partial charge in [0.25, 0.3) is 0 Å². The van der Waals surface area contributed by atoms with E-state index in [0.717, 1.165) is 23.4 Å². The summed E-state index contributed by atoms with van der Waals surface area (Å²) in [5.41, 5.74) is 9.62. The predicted octanol–water partition coefficient (Wildman–Crippen LogP) is 3.68. The average Bonchev–Trinajstić information content (AvgIpc) is 3.46. The van der Waals surface area contributed by atoms with Gasteiger partial charge in [-0.3, -0.25) is 0 Å². The molecule has 2 aliphatic heterocycles. The number of methoxy groups -OCH3 is 1. The standard InChI is InChI=1S/C22H23ClN6O2/c1-14(18-13-19(31-27-18)15-5-3-6-17(23)11-15)28-9-4-10-29-21(25-26-22(28)29)16-7-8-24-20(12-16)30-2/h3-9,11-14,21-22,25-26H,10H2,1-2H3. The summed E-state index contributed by atoms with van der Waals surface area (Å²) in [7, 11) is 1.62. The summed E-state index contributed by atoms with van der Waals surface area (Å²) in [4.78, 5) is 8.75. The van der Waals surface area contributed by atoms with E-state index < -0.39 is 0 Å². The Kier molecular flexibility index (Phi) is 5.37. The van der Waals surface area contributed by atoms with E-state index in [1.807, 2.05) is 42.5 Å². The van der Waals surface area contributed by atoms with Crippen molar-refractivity contribution in [1.82, 2.24) is 30.8 Å². The summed E-state index contributed by atoms with van der Waals surface area (Å²) in [6, 6.07) is 13.5. The molecule has 3 unspecified atom stereocenters. The SMILES string of the molecule is COc1cc(C2NNC3N(C(C)c4cc(-c5cccc(Cl)c5)on4)C=CCN23)ccn1. The minimum Gasteiger partial charge on any atom is -0.481 e. The number of fused-ring (bicyclic) bond motifs is 1. The maximum absolute atomic E-state index is 6.12. The Morgan fingerprint density at radius 2 is 2.13 bits per heavy atom. The van der Waals surface area contributed by atoms with Gasteiger partial charge in [0.05, 0.1) is 13.2 Å². The molecule has 1 saturated heterocycles. The van der Waals surface area contributed by atoms with Crippen LogP contribution in [0.25, 0.3) is 11.3 Å². The highest BCUT2D eigenvalue weighted by Gasteiger charge is 2.40. The number of aromatic nitrogens is 2. The van der Waals surface area contributed by atoms with E-state index in [-0.39, 0.29) is 18.5 Å². The first-order chi connectivity index (χ1) is 15.1. The molecule has 0 amide bonds. The molecule has 3 atom stereocenters. The van der Waals surface area contributed by atoms with Crippen molar-refractivity contribution < 1.29 is 9.26 Å². The second-order valence-corrected chi connectivity index (χ2v) is 7.96. The number of hydrogen-bond acceptors (Lipinski definition) is 8. The first-order valence-corrected chi connectivity index (χ1v) is 10.5. The van der Waals surface area contributed by atoms with Crippen LogP contribution < -0.4 is 15.6 Å². The Labute approximate surface area is 185 Å². The van der Waals surface area contributed by atoms with Gasteiger partial charge in [0.2, 0.25) is 5.88 Å². The van der Waals surface area contributed by atoms with Crippen LogP contribution in [0.4, 0.5) is 0 Å². The zero-order valence-corrected chi connectivity index (χ0v) is 18.0. The van der Waals surface area contributed by atoms with E-state index in [9.17, 15) is 0 Å². The minimum absolute atomic E-state index is 0.0131. The smallest absolute Gasteiger partial charge is 0.213 e. The number of rotatable bonds is 5. The number of hydrazine groups is 1. The summed E-state index contributed by atoms with van der Waals surface area (Å²) < 4.78 is 10.9. The molecular weight excluding hydrogens is 416 g/mol. The number of nitrogens with one attached hydrogen (secondary N) is 2. The molecule has 0 aliphatic carbocycles. The van der Waals surface area contributed by atoms with E-state index in [4.69, 9.17) is 20.9 Å². The highest BCUT2D eigenvalue weighted by atomic mass is 35.5. The fraction of sp³-hybridized carbons (Fsp3) is 0.273. The predicted molar refractivity (Wildman–Crippen MR) is 117 cm³/mol. The van der Waals surface area contributed by atoms with Gasteiger partial charge in [-0.25, -0.2) is 20.7 Å². The number of halogens is 1. The van der Waals surface area contributed by atoms with E-state index in [1.54, 1.807) is 13.3 Å². The van der Waals surface area contributed by atoms with Crippen LogP contribution in [0.5, 0.6) is 5.88 Å². The summed E-state index contributed by atoms with van der Waals surface area (Å²) >= 11 is 6.12. The lowest BCUT2D eigenvalue weighted by atomic mass is 10.1. The second-order valence-electron chi connectivity index (χ2n) is 7.53. The second kappa shape index (κ2) is 8.32. The van der Waals surface area contributed by atoms with Gasteiger partial charge in [0, 0.05) is 35.5 Å². The third kappa shape index (κ3) is 3.79. The third-order valence-electron chi connectivity index (χ3n) is 5.67. The molecular formula is C22H23ClN6O2. The Balaban J connectivity index is 1.37. The van der Waals surface area contributed by atoms with E-state index >= 15 is 0 Å². The van der Waals surface area contributed by atoms with Crippen LogP contribution >= 0.6 is 11.6 Å². The van der Waals surface area contributed by atoms with Crippen molar-refractivity contribution in [1.29, 1.82) is 0 Å². The van der Waals surface area contributed by atoms with Crippen molar-refractivity contribution in [2.24, 2.45) is 0 Å². The first-order valence-electron chi connectivity index (χ1n) is 10.1. The largest absolute Gasteiger partial charge is 0.481 e. The van der Waals surface area contributed by atoms with Crippen molar-refractivity contribution in [2.75, 3.05) is 13.7 Å². The first kappa shape index (κ1) is 20.0. The van der Waals surface area contributed by atoms with Gasteiger partial charge in [-0.2, -0.15) is 0 Å². The zero-order chi connectivity index (χ0) is 21.4. The lowest BCUT2D eigenvalue weighted by molar-refractivity contribution is 0.0454. The molecule has 160 valence electrons. The Morgan fingerprint density at radius 3 is 2.97 bits per heavy atom. The summed E-state index contributed by atoms with van der Waals surface area (Å²) in [5.74, 6) is 1.29. The minimum atomic E-state index is -0.0459. The fourth-order valence-electron chi connectivity index (χ4n) is 4.02.